The lowest BCUT2D eigenvalue weighted by atomic mass is 9.93. The summed E-state index contributed by atoms with van der Waals surface area (Å²) in [5, 5.41) is 8.02. The number of hydrogen-bond donors (Lipinski definition) is 1. The van der Waals surface area contributed by atoms with Crippen molar-refractivity contribution in [1.29, 1.82) is 0 Å². The molecule has 4 rings (SSSR count). The van der Waals surface area contributed by atoms with Crippen LogP contribution in [0.4, 0.5) is 0 Å². The van der Waals surface area contributed by atoms with E-state index in [1.54, 1.807) is 6.21 Å². The Bertz CT molecular complexity index is 1090. The molecule has 2 aromatic carbocycles. The van der Waals surface area contributed by atoms with Crippen LogP contribution in [0.5, 0.6) is 17.2 Å². The average Bonchev–Trinajstić information content (AvgIpc) is 3.38. The molecule has 2 heterocycles. The van der Waals surface area contributed by atoms with Gasteiger partial charge < -0.3 is 19.0 Å². The number of halogens is 3. The van der Waals surface area contributed by atoms with Crippen LogP contribution in [0.15, 0.2) is 47.9 Å². The van der Waals surface area contributed by atoms with Gasteiger partial charge in [-0.3, -0.25) is 4.79 Å². The lowest BCUT2D eigenvalue weighted by Crippen LogP contribution is -2.31. The van der Waals surface area contributed by atoms with Crippen molar-refractivity contribution in [3.63, 3.8) is 0 Å². The number of amides is 1. The fourth-order valence-corrected chi connectivity index (χ4v) is 5.25. The van der Waals surface area contributed by atoms with Crippen molar-refractivity contribution in [3.05, 3.63) is 48.8 Å². The van der Waals surface area contributed by atoms with E-state index in [0.29, 0.717) is 31.8 Å². The van der Waals surface area contributed by atoms with Crippen LogP contribution in [0.3, 0.4) is 0 Å². The zero-order valence-electron chi connectivity index (χ0n) is 16.3. The van der Waals surface area contributed by atoms with E-state index in [2.05, 4.69) is 63.5 Å². The second kappa shape index (κ2) is 9.17. The molecule has 1 amide bonds. The van der Waals surface area contributed by atoms with Gasteiger partial charge in [0.05, 0.1) is 28.2 Å². The number of ether oxygens (including phenoxy) is 3. The number of carbonyl (C=O) groups excluding carboxylic acids is 1. The Morgan fingerprint density at radius 2 is 1.90 bits per heavy atom. The molecular weight excluding hydrogens is 602 g/mol. The minimum atomic E-state index is -0.552. The summed E-state index contributed by atoms with van der Waals surface area (Å²) in [6.07, 6.45) is 1.00. The highest BCUT2D eigenvalue weighted by atomic mass is 79.9. The normalized spacial score (nSPS) is 19.3. The van der Waals surface area contributed by atoms with Crippen molar-refractivity contribution >= 4 is 65.6 Å². The summed E-state index contributed by atoms with van der Waals surface area (Å²) >= 11 is 10.5. The summed E-state index contributed by atoms with van der Waals surface area (Å²) in [6.45, 7) is 1.94. The van der Waals surface area contributed by atoms with Gasteiger partial charge in [-0.1, -0.05) is 40.1 Å². The molecule has 2 aliphatic heterocycles. The van der Waals surface area contributed by atoms with Crippen LogP contribution in [-0.2, 0) is 9.63 Å². The highest BCUT2D eigenvalue weighted by Gasteiger charge is 2.41. The summed E-state index contributed by atoms with van der Waals surface area (Å²) < 4.78 is 18.8. The number of methoxy groups -OCH3 is 1. The first-order chi connectivity index (χ1) is 14.9. The van der Waals surface area contributed by atoms with Crippen molar-refractivity contribution in [2.24, 2.45) is 16.2 Å². The van der Waals surface area contributed by atoms with Gasteiger partial charge in [-0.15, -0.1) is 0 Å². The van der Waals surface area contributed by atoms with Gasteiger partial charge in [-0.2, -0.15) is 5.10 Å². The van der Waals surface area contributed by atoms with E-state index < -0.39 is 12.0 Å². The van der Waals surface area contributed by atoms with Crippen LogP contribution in [0.1, 0.15) is 24.2 Å². The molecule has 0 bridgehead atoms. The number of hydrogen-bond acceptors (Lipinski definition) is 7. The molecule has 0 fully saturated rings. The first kappa shape index (κ1) is 22.1. The van der Waals surface area contributed by atoms with Crippen molar-refractivity contribution in [2.45, 2.75) is 13.0 Å². The van der Waals surface area contributed by atoms with Gasteiger partial charge in [0.2, 0.25) is 12.5 Å². The monoisotopic (exact) mass is 615 g/mol. The van der Waals surface area contributed by atoms with Gasteiger partial charge >= 0.3 is 0 Å². The van der Waals surface area contributed by atoms with Gasteiger partial charge in [-0.05, 0) is 49.6 Å². The maximum Gasteiger partial charge on any atom is 0.289 e. The smallest absolute Gasteiger partial charge is 0.289 e. The fraction of sp³-hybridized carbons (Fsp3) is 0.250. The van der Waals surface area contributed by atoms with E-state index in [1.165, 1.54) is 7.11 Å². The Kier molecular flexibility index (Phi) is 6.54. The molecule has 2 aromatic rings. The number of oxime groups is 1. The number of benzene rings is 2. The van der Waals surface area contributed by atoms with Gasteiger partial charge in [0.15, 0.2) is 23.3 Å². The molecule has 1 N–H and O–H groups in total. The topological polar surface area (TPSA) is 90.7 Å². The van der Waals surface area contributed by atoms with E-state index in [1.807, 2.05) is 31.2 Å². The van der Waals surface area contributed by atoms with Crippen LogP contribution in [0, 0.1) is 5.92 Å². The maximum atomic E-state index is 12.6. The average molecular weight is 618 g/mol. The molecule has 0 saturated heterocycles. The predicted molar refractivity (Wildman–Crippen MR) is 125 cm³/mol. The molecule has 0 aromatic heterocycles. The van der Waals surface area contributed by atoms with Crippen molar-refractivity contribution < 1.29 is 23.8 Å². The summed E-state index contributed by atoms with van der Waals surface area (Å²) in [5.41, 5.74) is 4.28. The van der Waals surface area contributed by atoms with E-state index >= 15 is 0 Å². The van der Waals surface area contributed by atoms with Crippen LogP contribution in [0.2, 0.25) is 0 Å². The Hall–Kier alpha value is -2.11. The molecule has 0 unspecified atom stereocenters. The summed E-state index contributed by atoms with van der Waals surface area (Å²) in [6, 6.07) is 7.52. The minimum absolute atomic E-state index is 0.0851. The number of nitrogens with one attached hydrogen (secondary N) is 1. The summed E-state index contributed by atoms with van der Waals surface area (Å²) in [4.78, 5) is 18.3. The third-order valence-corrected chi connectivity index (χ3v) is 6.91. The SMILES string of the molecule is COc1c(Br)c([C@H]2ON=C(C(=O)N/N=C\c3ccc(Br)cc3)[C@@H]2C)c(Br)c2c1OCO2. The van der Waals surface area contributed by atoms with Crippen molar-refractivity contribution in [1.82, 2.24) is 5.43 Å². The van der Waals surface area contributed by atoms with E-state index in [4.69, 9.17) is 19.0 Å². The summed E-state index contributed by atoms with van der Waals surface area (Å²) in [7, 11) is 1.54. The third kappa shape index (κ3) is 4.18. The van der Waals surface area contributed by atoms with Crippen LogP contribution < -0.4 is 19.6 Å². The lowest BCUT2D eigenvalue weighted by Gasteiger charge is -2.20. The zero-order valence-corrected chi connectivity index (χ0v) is 21.1. The molecule has 0 aliphatic carbocycles. The predicted octanol–water partition coefficient (Wildman–Crippen LogP) is 4.93. The molecule has 2 aliphatic rings. The molecule has 162 valence electrons. The Balaban J connectivity index is 1.52. The first-order valence-corrected chi connectivity index (χ1v) is 11.5. The quantitative estimate of drug-likeness (QED) is 0.380. The Labute approximate surface area is 203 Å². The number of hydrazone groups is 1. The Morgan fingerprint density at radius 3 is 2.61 bits per heavy atom. The van der Waals surface area contributed by atoms with Gasteiger partial charge in [0, 0.05) is 10.0 Å². The molecule has 0 radical (unpaired) electrons. The van der Waals surface area contributed by atoms with Crippen molar-refractivity contribution in [2.75, 3.05) is 13.9 Å². The van der Waals surface area contributed by atoms with Crippen LogP contribution in [-0.4, -0.2) is 31.7 Å². The highest BCUT2D eigenvalue weighted by Crippen LogP contribution is 2.55. The Morgan fingerprint density at radius 1 is 1.19 bits per heavy atom. The number of fused-ring (bicyclic) bond motifs is 1. The second-order valence-corrected chi connectivity index (χ2v) is 9.18. The van der Waals surface area contributed by atoms with E-state index in [0.717, 1.165) is 10.0 Å². The molecule has 11 heteroatoms. The van der Waals surface area contributed by atoms with Gasteiger partial charge in [0.1, 0.15) is 0 Å². The largest absolute Gasteiger partial charge is 0.492 e. The van der Waals surface area contributed by atoms with E-state index in [9.17, 15) is 4.79 Å². The van der Waals surface area contributed by atoms with Crippen LogP contribution >= 0.6 is 47.8 Å². The molecule has 0 spiro atoms. The highest BCUT2D eigenvalue weighted by molar-refractivity contribution is 9.11. The number of nitrogens with zero attached hydrogens (tertiary/aromatic N) is 2. The van der Waals surface area contributed by atoms with E-state index in [-0.39, 0.29) is 18.4 Å². The molecule has 0 saturated carbocycles. The standard InChI is InChI=1S/C20H16Br3N3O5/c1-9-15(20(27)25-24-7-10-3-5-11(21)6-4-10)26-31-16(9)12-13(22)17(28-2)19-18(14(12)23)29-8-30-19/h3-7,9,16H,8H2,1-2H3,(H,25,27)/b24-7-/t9-,16-/m0/s1. The third-order valence-electron chi connectivity index (χ3n) is 4.81. The van der Waals surface area contributed by atoms with Crippen LogP contribution in [0.25, 0.3) is 0 Å². The fourth-order valence-electron chi connectivity index (χ4n) is 3.24. The molecule has 2 atom stereocenters. The first-order valence-electron chi connectivity index (χ1n) is 9.09. The molecular formula is C20H16Br3N3O5. The molecule has 8 nitrogen and oxygen atoms in total. The maximum absolute atomic E-state index is 12.6. The number of carbonyl (C=O) groups is 1. The lowest BCUT2D eigenvalue weighted by molar-refractivity contribution is -0.115. The van der Waals surface area contributed by atoms with Gasteiger partial charge in [-0.25, -0.2) is 5.43 Å². The van der Waals surface area contributed by atoms with Gasteiger partial charge in [0.25, 0.3) is 5.91 Å². The minimum Gasteiger partial charge on any atom is -0.492 e. The zero-order chi connectivity index (χ0) is 22.1. The summed E-state index contributed by atoms with van der Waals surface area (Å²) in [5.74, 6) is 0.696. The molecule has 31 heavy (non-hydrogen) atoms. The van der Waals surface area contributed by atoms with Crippen molar-refractivity contribution in [3.8, 4) is 17.2 Å². The second-order valence-electron chi connectivity index (χ2n) is 6.68. The number of rotatable bonds is 5.